The summed E-state index contributed by atoms with van der Waals surface area (Å²) in [6.07, 6.45) is 3.63. The van der Waals surface area contributed by atoms with E-state index in [1.807, 2.05) is 0 Å². The number of carbonyl (C=O) groups excluding carboxylic acids is 1. The molecule has 2 aliphatic carbocycles. The van der Waals surface area contributed by atoms with E-state index in [1.54, 1.807) is 6.92 Å². The molecule has 94 valence electrons. The predicted octanol–water partition coefficient (Wildman–Crippen LogP) is 3.17. The SMILES string of the molecule is C=C(C)C(=O)OCOC1=C(C)C2CCC1(C)C2. The molecule has 3 nitrogen and oxygen atoms in total. The van der Waals surface area contributed by atoms with E-state index in [4.69, 9.17) is 9.47 Å². The van der Waals surface area contributed by atoms with E-state index in [0.717, 1.165) is 5.76 Å². The second-order valence-corrected chi connectivity index (χ2v) is 5.49. The largest absolute Gasteiger partial charge is 0.461 e. The van der Waals surface area contributed by atoms with Gasteiger partial charge in [0, 0.05) is 11.0 Å². The van der Waals surface area contributed by atoms with Crippen LogP contribution in [-0.4, -0.2) is 12.8 Å². The van der Waals surface area contributed by atoms with Crippen molar-refractivity contribution in [1.82, 2.24) is 0 Å². The first-order valence-corrected chi connectivity index (χ1v) is 6.11. The maximum absolute atomic E-state index is 11.2. The van der Waals surface area contributed by atoms with E-state index in [-0.39, 0.29) is 12.2 Å². The van der Waals surface area contributed by atoms with Gasteiger partial charge in [0.2, 0.25) is 6.79 Å². The molecule has 0 aromatic rings. The molecule has 2 rings (SSSR count). The third-order valence-electron chi connectivity index (χ3n) is 4.00. The maximum Gasteiger partial charge on any atom is 0.335 e. The van der Waals surface area contributed by atoms with Crippen LogP contribution in [0, 0.1) is 11.3 Å². The van der Waals surface area contributed by atoms with Gasteiger partial charge in [-0.1, -0.05) is 13.5 Å². The maximum atomic E-state index is 11.2. The van der Waals surface area contributed by atoms with Crippen LogP contribution in [0.25, 0.3) is 0 Å². The Morgan fingerprint density at radius 3 is 2.82 bits per heavy atom. The summed E-state index contributed by atoms with van der Waals surface area (Å²) in [6, 6.07) is 0. The van der Waals surface area contributed by atoms with Crippen LogP contribution in [0.2, 0.25) is 0 Å². The first-order valence-electron chi connectivity index (χ1n) is 6.11. The van der Waals surface area contributed by atoms with Crippen LogP contribution >= 0.6 is 0 Å². The molecule has 17 heavy (non-hydrogen) atoms. The minimum atomic E-state index is -0.392. The second-order valence-electron chi connectivity index (χ2n) is 5.49. The number of carbonyl (C=O) groups is 1. The van der Waals surface area contributed by atoms with Crippen molar-refractivity contribution < 1.29 is 14.3 Å². The molecule has 1 fully saturated rings. The highest BCUT2D eigenvalue weighted by Crippen LogP contribution is 2.57. The molecular weight excluding hydrogens is 216 g/mol. The van der Waals surface area contributed by atoms with Gasteiger partial charge in [0.1, 0.15) is 5.76 Å². The van der Waals surface area contributed by atoms with Gasteiger partial charge in [0.25, 0.3) is 0 Å². The number of hydrogen-bond donors (Lipinski definition) is 0. The van der Waals surface area contributed by atoms with Crippen molar-refractivity contribution in [3.63, 3.8) is 0 Å². The molecular formula is C14H20O3. The topological polar surface area (TPSA) is 35.5 Å². The molecule has 0 N–H and O–H groups in total. The zero-order valence-electron chi connectivity index (χ0n) is 10.8. The predicted molar refractivity (Wildman–Crippen MR) is 65.0 cm³/mol. The van der Waals surface area contributed by atoms with Crippen molar-refractivity contribution >= 4 is 5.97 Å². The number of esters is 1. The monoisotopic (exact) mass is 236 g/mol. The zero-order chi connectivity index (χ0) is 12.6. The number of hydrogen-bond acceptors (Lipinski definition) is 3. The van der Waals surface area contributed by atoms with Gasteiger partial charge in [-0.15, -0.1) is 0 Å². The summed E-state index contributed by atoms with van der Waals surface area (Å²) in [5.41, 5.74) is 1.91. The van der Waals surface area contributed by atoms with E-state index in [0.29, 0.717) is 11.5 Å². The molecule has 0 heterocycles. The van der Waals surface area contributed by atoms with Crippen LogP contribution < -0.4 is 0 Å². The Morgan fingerprint density at radius 1 is 1.59 bits per heavy atom. The van der Waals surface area contributed by atoms with Crippen molar-refractivity contribution in [3.8, 4) is 0 Å². The van der Waals surface area contributed by atoms with Gasteiger partial charge >= 0.3 is 5.97 Å². The van der Waals surface area contributed by atoms with Crippen LogP contribution in [0.4, 0.5) is 0 Å². The molecule has 0 aliphatic heterocycles. The Bertz CT molecular complexity index is 394. The Morgan fingerprint density at radius 2 is 2.29 bits per heavy atom. The lowest BCUT2D eigenvalue weighted by atomic mass is 9.87. The number of allylic oxidation sites excluding steroid dienone is 2. The molecule has 2 unspecified atom stereocenters. The summed E-state index contributed by atoms with van der Waals surface area (Å²) in [5.74, 6) is 1.33. The summed E-state index contributed by atoms with van der Waals surface area (Å²) < 4.78 is 10.6. The lowest BCUT2D eigenvalue weighted by Gasteiger charge is -2.26. The smallest absolute Gasteiger partial charge is 0.335 e. The van der Waals surface area contributed by atoms with E-state index in [1.165, 1.54) is 24.8 Å². The number of fused-ring (bicyclic) bond motifs is 2. The van der Waals surface area contributed by atoms with Crippen LogP contribution in [0.5, 0.6) is 0 Å². The first-order chi connectivity index (χ1) is 7.94. The summed E-state index contributed by atoms with van der Waals surface area (Å²) in [5, 5.41) is 0. The summed E-state index contributed by atoms with van der Waals surface area (Å²) in [7, 11) is 0. The molecule has 3 heteroatoms. The zero-order valence-corrected chi connectivity index (χ0v) is 10.8. The third-order valence-corrected chi connectivity index (χ3v) is 4.00. The average Bonchev–Trinajstić information content (AvgIpc) is 2.75. The van der Waals surface area contributed by atoms with Crippen LogP contribution in [0.3, 0.4) is 0 Å². The lowest BCUT2D eigenvalue weighted by Crippen LogP contribution is -2.18. The fraction of sp³-hybridized carbons (Fsp3) is 0.643. The molecule has 2 atom stereocenters. The van der Waals surface area contributed by atoms with E-state index < -0.39 is 5.97 Å². The minimum Gasteiger partial charge on any atom is -0.461 e. The molecule has 0 radical (unpaired) electrons. The average molecular weight is 236 g/mol. The minimum absolute atomic E-state index is 0.000671. The van der Waals surface area contributed by atoms with Crippen molar-refractivity contribution in [2.24, 2.45) is 11.3 Å². The molecule has 1 saturated carbocycles. The molecule has 0 spiro atoms. The van der Waals surface area contributed by atoms with Crippen LogP contribution in [0.15, 0.2) is 23.5 Å². The highest BCUT2D eigenvalue weighted by Gasteiger charge is 2.47. The fourth-order valence-corrected chi connectivity index (χ4v) is 3.03. The van der Waals surface area contributed by atoms with Crippen molar-refractivity contribution in [3.05, 3.63) is 23.5 Å². The Balaban J connectivity index is 1.92. The molecule has 0 saturated heterocycles. The van der Waals surface area contributed by atoms with Gasteiger partial charge in [-0.2, -0.15) is 0 Å². The van der Waals surface area contributed by atoms with Gasteiger partial charge in [-0.3, -0.25) is 0 Å². The van der Waals surface area contributed by atoms with Crippen molar-refractivity contribution in [2.75, 3.05) is 6.79 Å². The van der Waals surface area contributed by atoms with Crippen molar-refractivity contribution in [1.29, 1.82) is 0 Å². The van der Waals surface area contributed by atoms with Crippen LogP contribution in [-0.2, 0) is 14.3 Å². The van der Waals surface area contributed by atoms with Gasteiger partial charge in [-0.25, -0.2) is 4.79 Å². The lowest BCUT2D eigenvalue weighted by molar-refractivity contribution is -0.149. The highest BCUT2D eigenvalue weighted by atomic mass is 16.7. The third kappa shape index (κ3) is 2.11. The molecule has 2 bridgehead atoms. The highest BCUT2D eigenvalue weighted by molar-refractivity contribution is 5.86. The molecule has 0 amide bonds. The quantitative estimate of drug-likeness (QED) is 0.427. The number of rotatable bonds is 4. The summed E-state index contributed by atoms with van der Waals surface area (Å²) in [6.45, 7) is 9.53. The normalized spacial score (nSPS) is 30.6. The Kier molecular flexibility index (Phi) is 3.02. The van der Waals surface area contributed by atoms with Gasteiger partial charge in [-0.05, 0) is 44.6 Å². The second kappa shape index (κ2) is 4.21. The molecule has 2 aliphatic rings. The standard InChI is InChI=1S/C14H20O3/c1-9(2)13(15)17-8-16-12-10(3)11-5-6-14(12,4)7-11/h11H,1,5-8H2,2-4H3. The Labute approximate surface area is 102 Å². The molecule has 0 aromatic heterocycles. The van der Waals surface area contributed by atoms with E-state index in [2.05, 4.69) is 20.4 Å². The Hall–Kier alpha value is -1.25. The summed E-state index contributed by atoms with van der Waals surface area (Å²) in [4.78, 5) is 11.2. The van der Waals surface area contributed by atoms with Crippen molar-refractivity contribution in [2.45, 2.75) is 40.0 Å². The summed E-state index contributed by atoms with van der Waals surface area (Å²) >= 11 is 0. The number of ether oxygens (including phenoxy) is 2. The van der Waals surface area contributed by atoms with E-state index >= 15 is 0 Å². The van der Waals surface area contributed by atoms with Gasteiger partial charge in [0.05, 0.1) is 0 Å². The van der Waals surface area contributed by atoms with Gasteiger partial charge < -0.3 is 9.47 Å². The van der Waals surface area contributed by atoms with E-state index in [9.17, 15) is 4.79 Å². The van der Waals surface area contributed by atoms with Crippen LogP contribution in [0.1, 0.15) is 40.0 Å². The first kappa shape index (κ1) is 12.2. The fourth-order valence-electron chi connectivity index (χ4n) is 3.03. The molecule has 0 aromatic carbocycles. The van der Waals surface area contributed by atoms with Gasteiger partial charge in [0.15, 0.2) is 0 Å².